The van der Waals surface area contributed by atoms with Crippen LogP contribution < -0.4 is 9.75 Å². The number of hydrogen-bond donors (Lipinski definition) is 1. The largest absolute Gasteiger partial charge is 0.355 e. The predicted molar refractivity (Wildman–Crippen MR) is 134 cm³/mol. The zero-order valence-electron chi connectivity index (χ0n) is 17.9. The Hall–Kier alpha value is -2.58. The van der Waals surface area contributed by atoms with Gasteiger partial charge in [0.25, 0.3) is 0 Å². The van der Waals surface area contributed by atoms with Crippen LogP contribution in [0.4, 0.5) is 0 Å². The molecule has 0 bridgehead atoms. The minimum atomic E-state index is 0.961. The minimum absolute atomic E-state index is 0.961. The van der Waals surface area contributed by atoms with Crippen molar-refractivity contribution in [2.45, 2.75) is 52.4 Å². The van der Waals surface area contributed by atoms with E-state index in [2.05, 4.69) is 79.5 Å². The molecule has 0 fully saturated rings. The second kappa shape index (κ2) is 8.28. The lowest BCUT2D eigenvalue weighted by molar-refractivity contribution is 0.856. The topological polar surface area (TPSA) is 15.8 Å². The first-order chi connectivity index (χ1) is 14.7. The van der Waals surface area contributed by atoms with E-state index in [1.54, 1.807) is 0 Å². The van der Waals surface area contributed by atoms with Crippen LogP contribution in [0.15, 0.2) is 42.5 Å². The van der Waals surface area contributed by atoms with Crippen LogP contribution in [-0.2, 0) is 12.8 Å². The molecule has 0 saturated carbocycles. The predicted octanol–water partition coefficient (Wildman–Crippen LogP) is 6.64. The van der Waals surface area contributed by atoms with Crippen molar-refractivity contribution < 1.29 is 0 Å². The van der Waals surface area contributed by atoms with Gasteiger partial charge in [0.05, 0.1) is 0 Å². The van der Waals surface area contributed by atoms with Gasteiger partial charge < -0.3 is 4.98 Å². The molecule has 0 atom stereocenters. The number of benzene rings is 2. The van der Waals surface area contributed by atoms with Gasteiger partial charge >= 0.3 is 0 Å². The number of rotatable bonds is 4. The van der Waals surface area contributed by atoms with Gasteiger partial charge in [-0.1, -0.05) is 55.3 Å². The SMILES string of the molecule is CCC/C=c1/sc2ccc(C)cc2/c1=C/Cc1ccc2c3c([nH]c2c1)C=CCCC3. The first kappa shape index (κ1) is 19.4. The molecule has 0 unspecified atom stereocenters. The average Bonchev–Trinajstić information content (AvgIpc) is 3.17. The quantitative estimate of drug-likeness (QED) is 0.387. The summed E-state index contributed by atoms with van der Waals surface area (Å²) in [4.78, 5) is 3.66. The second-order valence-corrected chi connectivity index (χ2v) is 9.56. The van der Waals surface area contributed by atoms with Crippen LogP contribution in [-0.4, -0.2) is 4.98 Å². The van der Waals surface area contributed by atoms with E-state index in [0.29, 0.717) is 0 Å². The third-order valence-electron chi connectivity index (χ3n) is 6.16. The molecule has 0 amide bonds. The molecule has 2 aromatic heterocycles. The van der Waals surface area contributed by atoms with E-state index in [1.807, 2.05) is 11.3 Å². The Kier molecular flexibility index (Phi) is 5.35. The normalized spacial score (nSPS) is 15.3. The molecule has 1 aliphatic carbocycles. The number of H-pyrrole nitrogens is 1. The number of aryl methyl sites for hydroxylation is 2. The number of hydrogen-bond acceptors (Lipinski definition) is 1. The fourth-order valence-electron chi connectivity index (χ4n) is 4.57. The lowest BCUT2D eigenvalue weighted by Gasteiger charge is -2.00. The Balaban J connectivity index is 1.57. The van der Waals surface area contributed by atoms with Crippen molar-refractivity contribution in [3.8, 4) is 0 Å². The molecule has 4 aromatic rings. The van der Waals surface area contributed by atoms with Gasteiger partial charge in [0.15, 0.2) is 0 Å². The van der Waals surface area contributed by atoms with Gasteiger partial charge in [-0.25, -0.2) is 0 Å². The Morgan fingerprint density at radius 3 is 2.90 bits per heavy atom. The second-order valence-electron chi connectivity index (χ2n) is 8.47. The summed E-state index contributed by atoms with van der Waals surface area (Å²) in [5, 5.41) is 4.21. The Morgan fingerprint density at radius 1 is 1.07 bits per heavy atom. The summed E-state index contributed by atoms with van der Waals surface area (Å²) in [6.45, 7) is 4.44. The minimum Gasteiger partial charge on any atom is -0.355 e. The number of allylic oxidation sites excluding steroid dienone is 1. The average molecular weight is 412 g/mol. The highest BCUT2D eigenvalue weighted by molar-refractivity contribution is 7.17. The first-order valence-electron chi connectivity index (χ1n) is 11.2. The van der Waals surface area contributed by atoms with Gasteiger partial charge in [-0.2, -0.15) is 0 Å². The summed E-state index contributed by atoms with van der Waals surface area (Å²) in [6.07, 6.45) is 16.3. The Morgan fingerprint density at radius 2 is 2.00 bits per heavy atom. The maximum atomic E-state index is 3.66. The maximum absolute atomic E-state index is 3.66. The van der Waals surface area contributed by atoms with Crippen LogP contribution in [0.2, 0.25) is 0 Å². The smallest absolute Gasteiger partial charge is 0.0464 e. The molecule has 30 heavy (non-hydrogen) atoms. The van der Waals surface area contributed by atoms with Gasteiger partial charge in [-0.05, 0) is 79.6 Å². The van der Waals surface area contributed by atoms with Crippen LogP contribution in [0.3, 0.4) is 0 Å². The zero-order chi connectivity index (χ0) is 20.5. The van der Waals surface area contributed by atoms with Crippen molar-refractivity contribution in [3.63, 3.8) is 0 Å². The van der Waals surface area contributed by atoms with Crippen LogP contribution in [0.5, 0.6) is 0 Å². The molecule has 0 radical (unpaired) electrons. The fraction of sp³-hybridized carbons (Fsp3) is 0.286. The third-order valence-corrected chi connectivity index (χ3v) is 7.34. The highest BCUT2D eigenvalue weighted by Crippen LogP contribution is 2.28. The molecule has 5 rings (SSSR count). The summed E-state index contributed by atoms with van der Waals surface area (Å²) in [7, 11) is 0. The van der Waals surface area contributed by atoms with E-state index in [0.717, 1.165) is 12.8 Å². The molecule has 152 valence electrons. The summed E-state index contributed by atoms with van der Waals surface area (Å²) >= 11 is 1.93. The van der Waals surface area contributed by atoms with Gasteiger partial charge in [0, 0.05) is 31.2 Å². The Bertz CT molecular complexity index is 1360. The van der Waals surface area contributed by atoms with Gasteiger partial charge in [0.1, 0.15) is 0 Å². The summed E-state index contributed by atoms with van der Waals surface area (Å²) in [5.74, 6) is 0. The molecule has 2 heteroatoms. The van der Waals surface area contributed by atoms with Gasteiger partial charge in [-0.3, -0.25) is 0 Å². The van der Waals surface area contributed by atoms with E-state index in [-0.39, 0.29) is 0 Å². The van der Waals surface area contributed by atoms with Crippen LogP contribution >= 0.6 is 11.3 Å². The van der Waals surface area contributed by atoms with Crippen LogP contribution in [0, 0.1) is 6.92 Å². The fourth-order valence-corrected chi connectivity index (χ4v) is 5.72. The number of aromatic nitrogens is 1. The number of thiophene rings is 1. The molecule has 2 heterocycles. The molecular weight excluding hydrogens is 382 g/mol. The number of nitrogens with one attached hydrogen (secondary N) is 1. The van der Waals surface area contributed by atoms with Crippen molar-refractivity contribution in [1.82, 2.24) is 4.98 Å². The van der Waals surface area contributed by atoms with Gasteiger partial charge in [0.2, 0.25) is 0 Å². The van der Waals surface area contributed by atoms with Crippen molar-refractivity contribution >= 4 is 50.6 Å². The van der Waals surface area contributed by atoms with Crippen molar-refractivity contribution in [3.05, 3.63) is 74.6 Å². The Labute approximate surface area is 182 Å². The van der Waals surface area contributed by atoms with E-state index in [9.17, 15) is 0 Å². The van der Waals surface area contributed by atoms with E-state index in [4.69, 9.17) is 0 Å². The highest BCUT2D eigenvalue weighted by Gasteiger charge is 2.11. The third kappa shape index (κ3) is 3.65. The molecule has 0 saturated heterocycles. The highest BCUT2D eigenvalue weighted by atomic mass is 32.1. The van der Waals surface area contributed by atoms with Crippen LogP contribution in [0.1, 0.15) is 55.0 Å². The van der Waals surface area contributed by atoms with Crippen molar-refractivity contribution in [1.29, 1.82) is 0 Å². The molecule has 0 spiro atoms. The van der Waals surface area contributed by atoms with E-state index >= 15 is 0 Å². The van der Waals surface area contributed by atoms with Gasteiger partial charge in [-0.15, -0.1) is 11.3 Å². The monoisotopic (exact) mass is 411 g/mol. The molecular formula is C28H29NS. The molecule has 2 aromatic carbocycles. The molecule has 1 N–H and O–H groups in total. The van der Waals surface area contributed by atoms with E-state index in [1.165, 1.54) is 78.8 Å². The van der Waals surface area contributed by atoms with E-state index < -0.39 is 0 Å². The molecule has 0 aliphatic heterocycles. The standard InChI is InChI=1S/C28H29NS/c1-3-4-10-27-23(24-17-19(2)11-16-28(24)30-27)15-13-20-12-14-22-21-8-6-5-7-9-25(21)29-26(22)18-20/h7,9-12,14-18,29H,3-6,8,13H2,1-2H3/b23-15-,27-10+. The summed E-state index contributed by atoms with van der Waals surface area (Å²) in [5.41, 5.74) is 6.78. The zero-order valence-corrected chi connectivity index (χ0v) is 18.7. The van der Waals surface area contributed by atoms with Crippen molar-refractivity contribution in [2.75, 3.05) is 0 Å². The van der Waals surface area contributed by atoms with Crippen LogP contribution in [0.25, 0.3) is 39.2 Å². The lowest BCUT2D eigenvalue weighted by Crippen LogP contribution is -2.18. The van der Waals surface area contributed by atoms with Crippen molar-refractivity contribution in [2.24, 2.45) is 0 Å². The summed E-state index contributed by atoms with van der Waals surface area (Å²) in [6, 6.07) is 13.8. The first-order valence-corrected chi connectivity index (χ1v) is 12.0. The lowest BCUT2D eigenvalue weighted by atomic mass is 10.0. The summed E-state index contributed by atoms with van der Waals surface area (Å²) < 4.78 is 2.82. The number of aromatic amines is 1. The maximum Gasteiger partial charge on any atom is 0.0464 e. The number of fused-ring (bicyclic) bond motifs is 4. The molecule has 1 nitrogen and oxygen atoms in total. The molecule has 1 aliphatic rings. The number of unbranched alkanes of at least 4 members (excludes halogenated alkanes) is 1.